The molecule has 0 N–H and O–H groups in total. The summed E-state index contributed by atoms with van der Waals surface area (Å²) in [6.07, 6.45) is 0. The van der Waals surface area contributed by atoms with E-state index in [9.17, 15) is 13.2 Å². The first-order chi connectivity index (χ1) is 13.8. The Balaban J connectivity index is 1.75. The van der Waals surface area contributed by atoms with Crippen LogP contribution in [0.3, 0.4) is 0 Å². The molecule has 0 unspecified atom stereocenters. The third-order valence-corrected chi connectivity index (χ3v) is 7.57. The van der Waals surface area contributed by atoms with Crippen LogP contribution < -0.4 is 9.47 Å². The van der Waals surface area contributed by atoms with E-state index in [1.54, 1.807) is 23.1 Å². The van der Waals surface area contributed by atoms with Crippen LogP contribution in [0.4, 0.5) is 0 Å². The summed E-state index contributed by atoms with van der Waals surface area (Å²) in [6.45, 7) is 0.779. The van der Waals surface area contributed by atoms with E-state index in [1.165, 1.54) is 36.7 Å². The Kier molecular flexibility index (Phi) is 6.58. The van der Waals surface area contributed by atoms with Gasteiger partial charge in [0.1, 0.15) is 16.4 Å². The fourth-order valence-electron chi connectivity index (χ4n) is 3.10. The zero-order valence-electron chi connectivity index (χ0n) is 15.9. The number of methoxy groups -OCH3 is 2. The van der Waals surface area contributed by atoms with E-state index in [2.05, 4.69) is 0 Å². The van der Waals surface area contributed by atoms with Crippen LogP contribution in [0.25, 0.3) is 0 Å². The fraction of sp³-hybridized carbons (Fsp3) is 0.316. The third-order valence-electron chi connectivity index (χ3n) is 4.70. The topological polar surface area (TPSA) is 76.2 Å². The van der Waals surface area contributed by atoms with Gasteiger partial charge < -0.3 is 14.4 Å². The van der Waals surface area contributed by atoms with Gasteiger partial charge in [-0.1, -0.05) is 29.3 Å². The number of amides is 1. The van der Waals surface area contributed by atoms with Gasteiger partial charge >= 0.3 is 0 Å². The summed E-state index contributed by atoms with van der Waals surface area (Å²) in [5.41, 5.74) is 0.391. The Labute approximate surface area is 179 Å². The summed E-state index contributed by atoms with van der Waals surface area (Å²) in [4.78, 5) is 14.5. The molecule has 0 spiro atoms. The van der Waals surface area contributed by atoms with Crippen molar-refractivity contribution in [2.45, 2.75) is 4.90 Å². The molecule has 0 aliphatic carbocycles. The van der Waals surface area contributed by atoms with E-state index in [-0.39, 0.29) is 47.0 Å². The van der Waals surface area contributed by atoms with E-state index < -0.39 is 10.0 Å². The maximum absolute atomic E-state index is 12.9. The maximum Gasteiger partial charge on any atom is 0.257 e. The van der Waals surface area contributed by atoms with Crippen molar-refractivity contribution in [1.82, 2.24) is 9.21 Å². The van der Waals surface area contributed by atoms with Crippen LogP contribution in [0.15, 0.2) is 41.3 Å². The molecule has 3 rings (SSSR count). The van der Waals surface area contributed by atoms with Crippen LogP contribution in [0, 0.1) is 0 Å². The van der Waals surface area contributed by atoms with Crippen LogP contribution in [0.1, 0.15) is 10.4 Å². The van der Waals surface area contributed by atoms with Crippen molar-refractivity contribution < 1.29 is 22.7 Å². The van der Waals surface area contributed by atoms with Gasteiger partial charge in [0.25, 0.3) is 5.91 Å². The highest BCUT2D eigenvalue weighted by atomic mass is 35.5. The minimum absolute atomic E-state index is 0.00404. The van der Waals surface area contributed by atoms with Crippen LogP contribution in [-0.2, 0) is 10.0 Å². The molecule has 1 aliphatic heterocycles. The lowest BCUT2D eigenvalue weighted by Gasteiger charge is -2.34. The number of carbonyl (C=O) groups excluding carboxylic acids is 1. The molecule has 156 valence electrons. The molecule has 0 saturated carbocycles. The average Bonchev–Trinajstić information content (AvgIpc) is 2.74. The Bertz CT molecular complexity index is 1020. The van der Waals surface area contributed by atoms with Gasteiger partial charge in [-0.15, -0.1) is 0 Å². The molecule has 1 amide bonds. The van der Waals surface area contributed by atoms with E-state index in [0.717, 1.165) is 0 Å². The summed E-state index contributed by atoms with van der Waals surface area (Å²) in [5, 5.41) is 0.170. The van der Waals surface area contributed by atoms with Gasteiger partial charge in [-0.05, 0) is 24.3 Å². The Morgan fingerprint density at radius 2 is 1.69 bits per heavy atom. The van der Waals surface area contributed by atoms with Gasteiger partial charge in [0, 0.05) is 32.2 Å². The number of sulfonamides is 1. The van der Waals surface area contributed by atoms with Gasteiger partial charge in [-0.3, -0.25) is 4.79 Å². The van der Waals surface area contributed by atoms with E-state index in [4.69, 9.17) is 32.7 Å². The molecule has 1 fully saturated rings. The van der Waals surface area contributed by atoms with Crippen molar-refractivity contribution in [2.75, 3.05) is 40.4 Å². The smallest absolute Gasteiger partial charge is 0.257 e. The highest BCUT2D eigenvalue weighted by Crippen LogP contribution is 2.32. The second kappa shape index (κ2) is 8.79. The predicted molar refractivity (Wildman–Crippen MR) is 111 cm³/mol. The first-order valence-electron chi connectivity index (χ1n) is 8.75. The predicted octanol–water partition coefficient (Wildman–Crippen LogP) is 3.16. The van der Waals surface area contributed by atoms with Crippen LogP contribution >= 0.6 is 23.2 Å². The van der Waals surface area contributed by atoms with E-state index >= 15 is 0 Å². The number of halogens is 2. The molecule has 2 aromatic rings. The largest absolute Gasteiger partial charge is 0.497 e. The van der Waals surface area contributed by atoms with Gasteiger partial charge in [0.15, 0.2) is 0 Å². The second-order valence-corrected chi connectivity index (χ2v) is 9.01. The van der Waals surface area contributed by atoms with Crippen molar-refractivity contribution in [3.63, 3.8) is 0 Å². The SMILES string of the molecule is COc1ccc(C(=O)N2CCN(S(=O)(=O)c3cccc(Cl)c3Cl)CC2)c(OC)c1. The first kappa shape index (κ1) is 21.7. The molecule has 29 heavy (non-hydrogen) atoms. The highest BCUT2D eigenvalue weighted by molar-refractivity contribution is 7.89. The minimum atomic E-state index is -3.81. The van der Waals surface area contributed by atoms with Crippen LogP contribution in [0.2, 0.25) is 10.0 Å². The van der Waals surface area contributed by atoms with Crippen molar-refractivity contribution in [3.05, 3.63) is 52.0 Å². The molecule has 0 bridgehead atoms. The summed E-state index contributed by atoms with van der Waals surface area (Å²) in [7, 11) is -0.806. The number of carbonyl (C=O) groups is 1. The normalized spacial score (nSPS) is 15.2. The fourth-order valence-corrected chi connectivity index (χ4v) is 5.26. The molecular formula is C19H20Cl2N2O5S. The lowest BCUT2D eigenvalue weighted by molar-refractivity contribution is 0.0694. The lowest BCUT2D eigenvalue weighted by atomic mass is 10.1. The molecule has 1 aliphatic rings. The van der Waals surface area contributed by atoms with Gasteiger partial charge in [0.2, 0.25) is 10.0 Å². The van der Waals surface area contributed by atoms with E-state index in [0.29, 0.717) is 17.1 Å². The van der Waals surface area contributed by atoms with Crippen molar-refractivity contribution >= 4 is 39.1 Å². The second-order valence-electron chi connectivity index (χ2n) is 6.31. The number of hydrogen-bond donors (Lipinski definition) is 0. The summed E-state index contributed by atoms with van der Waals surface area (Å²) in [6, 6.07) is 9.43. The Hall–Kier alpha value is -2.00. The third kappa shape index (κ3) is 4.30. The van der Waals surface area contributed by atoms with Crippen LogP contribution in [0.5, 0.6) is 11.5 Å². The number of rotatable bonds is 5. The summed E-state index contributed by atoms with van der Waals surface area (Å²) >= 11 is 12.0. The van der Waals surface area contributed by atoms with Crippen molar-refractivity contribution in [3.8, 4) is 11.5 Å². The number of ether oxygens (including phenoxy) is 2. The summed E-state index contributed by atoms with van der Waals surface area (Å²) in [5.74, 6) is 0.741. The highest BCUT2D eigenvalue weighted by Gasteiger charge is 2.32. The monoisotopic (exact) mass is 458 g/mol. The quantitative estimate of drug-likeness (QED) is 0.687. The first-order valence-corrected chi connectivity index (χ1v) is 10.9. The maximum atomic E-state index is 12.9. The molecular weight excluding hydrogens is 439 g/mol. The zero-order chi connectivity index (χ0) is 21.2. The number of hydrogen-bond acceptors (Lipinski definition) is 5. The van der Waals surface area contributed by atoms with Crippen molar-refractivity contribution in [1.29, 1.82) is 0 Å². The molecule has 2 aromatic carbocycles. The number of nitrogens with zero attached hydrogens (tertiary/aromatic N) is 2. The average molecular weight is 459 g/mol. The molecule has 7 nitrogen and oxygen atoms in total. The minimum Gasteiger partial charge on any atom is -0.497 e. The van der Waals surface area contributed by atoms with Crippen molar-refractivity contribution in [2.24, 2.45) is 0 Å². The molecule has 1 heterocycles. The zero-order valence-corrected chi connectivity index (χ0v) is 18.2. The van der Waals surface area contributed by atoms with Crippen LogP contribution in [-0.4, -0.2) is 63.9 Å². The van der Waals surface area contributed by atoms with Gasteiger partial charge in [-0.2, -0.15) is 4.31 Å². The van der Waals surface area contributed by atoms with E-state index in [1.807, 2.05) is 0 Å². The Morgan fingerprint density at radius 1 is 1.00 bits per heavy atom. The standard InChI is InChI=1S/C19H20Cl2N2O5S/c1-27-13-6-7-14(16(12-13)28-2)19(24)22-8-10-23(11-9-22)29(25,26)17-5-3-4-15(20)18(17)21/h3-7,12H,8-11H2,1-2H3. The molecule has 10 heteroatoms. The molecule has 1 saturated heterocycles. The van der Waals surface area contributed by atoms with Gasteiger partial charge in [0.05, 0.1) is 29.8 Å². The summed E-state index contributed by atoms with van der Waals surface area (Å²) < 4.78 is 37.6. The molecule has 0 radical (unpaired) electrons. The molecule has 0 atom stereocenters. The number of piperazine rings is 1. The Morgan fingerprint density at radius 3 is 2.31 bits per heavy atom. The van der Waals surface area contributed by atoms with Gasteiger partial charge in [-0.25, -0.2) is 8.42 Å². The molecule has 0 aromatic heterocycles. The number of benzene rings is 2. The lowest BCUT2D eigenvalue weighted by Crippen LogP contribution is -2.50.